The van der Waals surface area contributed by atoms with Crippen LogP contribution >= 0.6 is 11.6 Å². The number of benzene rings is 3. The van der Waals surface area contributed by atoms with E-state index in [0.717, 1.165) is 29.2 Å². The van der Waals surface area contributed by atoms with E-state index in [4.69, 9.17) is 16.3 Å². The molecule has 1 aliphatic rings. The highest BCUT2D eigenvalue weighted by Crippen LogP contribution is 2.37. The second kappa shape index (κ2) is 9.64. The van der Waals surface area contributed by atoms with Gasteiger partial charge in [-0.25, -0.2) is 9.69 Å². The largest absolute Gasteiger partial charge is 0.449 e. The molecular formula is C23H13ClN4O8. The molecule has 12 nitrogen and oxygen atoms in total. The fourth-order valence-corrected chi connectivity index (χ4v) is 3.50. The molecule has 0 unspecified atom stereocenters. The topological polar surface area (TPSA) is 162 Å². The van der Waals surface area contributed by atoms with E-state index in [1.54, 1.807) is 18.2 Å². The highest BCUT2D eigenvalue weighted by atomic mass is 35.5. The third-order valence-corrected chi connectivity index (χ3v) is 5.19. The Balaban J connectivity index is 1.77. The quantitative estimate of drug-likeness (QED) is 0.218. The number of nitro groups is 2. The lowest BCUT2D eigenvalue weighted by Crippen LogP contribution is -2.54. The predicted molar refractivity (Wildman–Crippen MR) is 127 cm³/mol. The summed E-state index contributed by atoms with van der Waals surface area (Å²) in [6.45, 7) is 0. The average molecular weight is 509 g/mol. The smallest absolute Gasteiger partial charge is 0.335 e. The zero-order valence-corrected chi connectivity index (χ0v) is 18.7. The van der Waals surface area contributed by atoms with Crippen LogP contribution in [0.4, 0.5) is 21.9 Å². The van der Waals surface area contributed by atoms with E-state index in [0.29, 0.717) is 0 Å². The summed E-state index contributed by atoms with van der Waals surface area (Å²) in [5, 5.41) is 24.7. The molecule has 4 amide bonds. The summed E-state index contributed by atoms with van der Waals surface area (Å²) in [4.78, 5) is 59.6. The zero-order chi connectivity index (χ0) is 26.0. The van der Waals surface area contributed by atoms with Gasteiger partial charge in [0, 0.05) is 16.7 Å². The molecule has 1 heterocycles. The molecule has 4 rings (SSSR count). The maximum Gasteiger partial charge on any atom is 0.335 e. The van der Waals surface area contributed by atoms with Gasteiger partial charge in [-0.15, -0.1) is 0 Å². The van der Waals surface area contributed by atoms with Crippen molar-refractivity contribution in [3.8, 4) is 11.5 Å². The van der Waals surface area contributed by atoms with Gasteiger partial charge in [0.1, 0.15) is 11.3 Å². The molecule has 1 aliphatic heterocycles. The second-order valence-corrected chi connectivity index (χ2v) is 7.68. The number of nitrogens with one attached hydrogen (secondary N) is 1. The van der Waals surface area contributed by atoms with E-state index in [1.807, 2.05) is 0 Å². The molecule has 180 valence electrons. The maximum absolute atomic E-state index is 13.1. The van der Waals surface area contributed by atoms with Crippen molar-refractivity contribution in [2.24, 2.45) is 0 Å². The Morgan fingerprint density at radius 3 is 2.25 bits per heavy atom. The van der Waals surface area contributed by atoms with Crippen molar-refractivity contribution in [1.29, 1.82) is 0 Å². The molecule has 3 aromatic rings. The van der Waals surface area contributed by atoms with Gasteiger partial charge in [-0.05, 0) is 42.5 Å². The summed E-state index contributed by atoms with van der Waals surface area (Å²) in [6, 6.07) is 13.9. The first-order valence-electron chi connectivity index (χ1n) is 10.0. The van der Waals surface area contributed by atoms with Gasteiger partial charge in [0.15, 0.2) is 0 Å². The van der Waals surface area contributed by atoms with E-state index in [1.165, 1.54) is 30.3 Å². The lowest BCUT2D eigenvalue weighted by Gasteiger charge is -2.26. The van der Waals surface area contributed by atoms with Gasteiger partial charge in [-0.2, -0.15) is 0 Å². The van der Waals surface area contributed by atoms with Gasteiger partial charge < -0.3 is 4.74 Å². The minimum atomic E-state index is -0.968. The molecule has 0 radical (unpaired) electrons. The van der Waals surface area contributed by atoms with Crippen LogP contribution in [-0.2, 0) is 9.59 Å². The van der Waals surface area contributed by atoms with E-state index in [-0.39, 0.29) is 27.8 Å². The molecule has 3 aromatic carbocycles. The normalized spacial score (nSPS) is 14.5. The number of imide groups is 2. The van der Waals surface area contributed by atoms with E-state index in [9.17, 15) is 34.6 Å². The van der Waals surface area contributed by atoms with E-state index < -0.39 is 44.6 Å². The number of ether oxygens (including phenoxy) is 1. The van der Waals surface area contributed by atoms with Gasteiger partial charge in [0.05, 0.1) is 21.6 Å². The molecule has 36 heavy (non-hydrogen) atoms. The minimum Gasteiger partial charge on any atom is -0.449 e. The summed E-state index contributed by atoms with van der Waals surface area (Å²) in [5.74, 6) is -2.26. The van der Waals surface area contributed by atoms with Gasteiger partial charge in [-0.1, -0.05) is 29.8 Å². The highest BCUT2D eigenvalue weighted by molar-refractivity contribution is 6.39. The number of carbonyl (C=O) groups is 3. The third-order valence-electron chi connectivity index (χ3n) is 4.96. The van der Waals surface area contributed by atoms with Crippen molar-refractivity contribution < 1.29 is 29.0 Å². The van der Waals surface area contributed by atoms with Crippen LogP contribution in [0.5, 0.6) is 11.5 Å². The number of para-hydroxylation sites is 1. The van der Waals surface area contributed by atoms with Crippen LogP contribution in [0.2, 0.25) is 5.02 Å². The molecule has 13 heteroatoms. The number of nitrogens with zero attached hydrogens (tertiary/aromatic N) is 3. The number of amides is 4. The molecule has 1 saturated heterocycles. The number of urea groups is 1. The highest BCUT2D eigenvalue weighted by Gasteiger charge is 2.37. The molecule has 0 aliphatic carbocycles. The predicted octanol–water partition coefficient (Wildman–Crippen LogP) is 4.62. The number of nitro benzene ring substituents is 2. The summed E-state index contributed by atoms with van der Waals surface area (Å²) in [5.41, 5.74) is -1.31. The summed E-state index contributed by atoms with van der Waals surface area (Å²) in [6.07, 6.45) is 1.12. The number of anilines is 1. The molecule has 0 bridgehead atoms. The van der Waals surface area contributed by atoms with Crippen LogP contribution < -0.4 is 15.0 Å². The number of carbonyl (C=O) groups excluding carboxylic acids is 3. The standard InChI is InChI=1S/C23H13ClN4O8/c24-14-6-8-19(36-20-9-7-16(27(32)33)12-18(20)28(34)35)13(10-14)11-17-21(29)25-23(31)26(22(17)30)15-4-2-1-3-5-15/h1-12H,(H,25,29,31)/b17-11+. The van der Waals surface area contributed by atoms with Crippen LogP contribution in [0.3, 0.4) is 0 Å². The summed E-state index contributed by atoms with van der Waals surface area (Å²) >= 11 is 6.08. The Kier molecular flexibility index (Phi) is 6.44. The first-order chi connectivity index (χ1) is 17.2. The van der Waals surface area contributed by atoms with Crippen LogP contribution in [0.25, 0.3) is 6.08 Å². The minimum absolute atomic E-state index is 0.0485. The number of rotatable bonds is 6. The monoisotopic (exact) mass is 508 g/mol. The number of barbiturate groups is 1. The van der Waals surface area contributed by atoms with E-state index >= 15 is 0 Å². The van der Waals surface area contributed by atoms with Gasteiger partial charge in [0.2, 0.25) is 5.75 Å². The fraction of sp³-hybridized carbons (Fsp3) is 0. The first kappa shape index (κ1) is 24.0. The SMILES string of the molecule is O=C1NC(=O)N(c2ccccc2)C(=O)/C1=C/c1cc(Cl)ccc1Oc1ccc([N+](=O)[O-])cc1[N+](=O)[O-]. The van der Waals surface area contributed by atoms with Crippen molar-refractivity contribution in [2.45, 2.75) is 0 Å². The van der Waals surface area contributed by atoms with Crippen molar-refractivity contribution >= 4 is 52.6 Å². The number of halogens is 1. The Labute approximate surface area is 206 Å². The second-order valence-electron chi connectivity index (χ2n) is 7.24. The summed E-state index contributed by atoms with van der Waals surface area (Å²) in [7, 11) is 0. The zero-order valence-electron chi connectivity index (χ0n) is 17.9. The van der Waals surface area contributed by atoms with Crippen molar-refractivity contribution in [1.82, 2.24) is 5.32 Å². The third kappa shape index (κ3) is 4.74. The van der Waals surface area contributed by atoms with E-state index in [2.05, 4.69) is 5.32 Å². The molecular weight excluding hydrogens is 496 g/mol. The van der Waals surface area contributed by atoms with Crippen molar-refractivity contribution in [3.63, 3.8) is 0 Å². The molecule has 0 spiro atoms. The lowest BCUT2D eigenvalue weighted by molar-refractivity contribution is -0.394. The van der Waals surface area contributed by atoms with Crippen LogP contribution in [0.1, 0.15) is 5.56 Å². The molecule has 0 atom stereocenters. The molecule has 0 aromatic heterocycles. The molecule has 1 fully saturated rings. The Bertz CT molecular complexity index is 1470. The Morgan fingerprint density at radius 2 is 1.58 bits per heavy atom. The Hall–Kier alpha value is -5.10. The number of non-ortho nitro benzene ring substituents is 1. The molecule has 0 saturated carbocycles. The van der Waals surface area contributed by atoms with Gasteiger partial charge in [0.25, 0.3) is 17.5 Å². The first-order valence-corrected chi connectivity index (χ1v) is 10.4. The summed E-state index contributed by atoms with van der Waals surface area (Å²) < 4.78 is 5.65. The fourth-order valence-electron chi connectivity index (χ4n) is 3.32. The van der Waals surface area contributed by atoms with Crippen molar-refractivity contribution in [3.05, 3.63) is 103 Å². The lowest BCUT2D eigenvalue weighted by atomic mass is 10.1. The van der Waals surface area contributed by atoms with Crippen LogP contribution in [0.15, 0.2) is 72.3 Å². The van der Waals surface area contributed by atoms with Gasteiger partial charge in [-0.3, -0.25) is 35.1 Å². The average Bonchev–Trinajstić information content (AvgIpc) is 2.83. The Morgan fingerprint density at radius 1 is 0.889 bits per heavy atom. The van der Waals surface area contributed by atoms with Gasteiger partial charge >= 0.3 is 11.7 Å². The van der Waals surface area contributed by atoms with Crippen LogP contribution in [-0.4, -0.2) is 27.7 Å². The number of hydrogen-bond acceptors (Lipinski definition) is 8. The molecule has 1 N–H and O–H groups in total. The van der Waals surface area contributed by atoms with Crippen LogP contribution in [0, 0.1) is 20.2 Å². The number of hydrogen-bond donors (Lipinski definition) is 1. The van der Waals surface area contributed by atoms with Crippen molar-refractivity contribution in [2.75, 3.05) is 4.90 Å². The maximum atomic E-state index is 13.1.